The van der Waals surface area contributed by atoms with Crippen molar-refractivity contribution >= 4 is 5.95 Å². The standard InChI is InChI=1S/CHN5O2.Ag/c7-6(8)1-2-4-5-3-1;/h(H,2,3,4,5);. The zero-order valence-electron chi connectivity index (χ0n) is 3.91. The number of tetrazole rings is 1. The predicted octanol–water partition coefficient (Wildman–Crippen LogP) is -0.895. The molecular weight excluding hydrogens is 222 g/mol. The first-order chi connectivity index (χ1) is 3.80. The molecule has 0 fully saturated rings. The number of H-pyrrole nitrogens is 1. The monoisotopic (exact) mass is 222 g/mol. The molecule has 9 heavy (non-hydrogen) atoms. The van der Waals surface area contributed by atoms with Gasteiger partial charge in [0.25, 0.3) is 0 Å². The fourth-order valence-electron chi connectivity index (χ4n) is 0.234. The van der Waals surface area contributed by atoms with Gasteiger partial charge in [-0.05, 0) is 4.92 Å². The second kappa shape index (κ2) is 3.28. The summed E-state index contributed by atoms with van der Waals surface area (Å²) in [5.41, 5.74) is 0. The Labute approximate surface area is 64.5 Å². The largest absolute Gasteiger partial charge is 0.514 e. The van der Waals surface area contributed by atoms with Crippen LogP contribution in [0.4, 0.5) is 5.95 Å². The summed E-state index contributed by atoms with van der Waals surface area (Å²) in [6.07, 6.45) is 0. The maximum atomic E-state index is 9.68. The minimum atomic E-state index is -0.733. The van der Waals surface area contributed by atoms with E-state index in [0.717, 1.165) is 0 Å². The van der Waals surface area contributed by atoms with Gasteiger partial charge in [-0.3, -0.25) is 0 Å². The predicted molar refractivity (Wildman–Crippen MR) is 20.8 cm³/mol. The molecule has 0 aliphatic carbocycles. The van der Waals surface area contributed by atoms with Crippen LogP contribution in [-0.2, 0) is 22.4 Å². The number of nitrogens with one attached hydrogen (secondary N) is 1. The van der Waals surface area contributed by atoms with Crippen molar-refractivity contribution < 1.29 is 27.3 Å². The van der Waals surface area contributed by atoms with Crippen LogP contribution in [-0.4, -0.2) is 25.5 Å². The number of hydrogen-bond acceptors (Lipinski definition) is 5. The molecule has 1 aromatic rings. The molecule has 1 aromatic heterocycles. The van der Waals surface area contributed by atoms with E-state index in [1.165, 1.54) is 0 Å². The molecule has 0 amide bonds. The SMILES string of the molecule is O=[N+]([O-])c1nn[nH]n1.[Ag]. The fourth-order valence-corrected chi connectivity index (χ4v) is 0.234. The van der Waals surface area contributed by atoms with Crippen LogP contribution in [0.15, 0.2) is 0 Å². The molecule has 0 saturated carbocycles. The van der Waals surface area contributed by atoms with Crippen molar-refractivity contribution in [3.63, 3.8) is 0 Å². The van der Waals surface area contributed by atoms with Gasteiger partial charge in [-0.25, -0.2) is 0 Å². The fraction of sp³-hybridized carbons (Fsp3) is 0. The normalized spacial score (nSPS) is 8.00. The Kier molecular flexibility index (Phi) is 2.99. The Balaban J connectivity index is 0.000000640. The van der Waals surface area contributed by atoms with Crippen LogP contribution in [0.1, 0.15) is 0 Å². The van der Waals surface area contributed by atoms with Gasteiger partial charge in [0.05, 0.1) is 5.10 Å². The van der Waals surface area contributed by atoms with Crippen LogP contribution < -0.4 is 0 Å². The van der Waals surface area contributed by atoms with Gasteiger partial charge in [-0.2, -0.15) is 0 Å². The van der Waals surface area contributed by atoms with E-state index in [0.29, 0.717) is 0 Å². The summed E-state index contributed by atoms with van der Waals surface area (Å²) in [4.78, 5) is 8.95. The second-order valence-electron chi connectivity index (χ2n) is 0.969. The van der Waals surface area contributed by atoms with E-state index in [4.69, 9.17) is 0 Å². The van der Waals surface area contributed by atoms with Crippen LogP contribution in [0.2, 0.25) is 0 Å². The van der Waals surface area contributed by atoms with Gasteiger partial charge < -0.3 is 10.1 Å². The van der Waals surface area contributed by atoms with Crippen molar-refractivity contribution in [2.75, 3.05) is 0 Å². The van der Waals surface area contributed by atoms with Gasteiger partial charge in [0.2, 0.25) is 0 Å². The molecule has 0 spiro atoms. The van der Waals surface area contributed by atoms with Crippen LogP contribution in [0.5, 0.6) is 0 Å². The molecule has 7 nitrogen and oxygen atoms in total. The third kappa shape index (κ3) is 1.88. The Morgan fingerprint density at radius 2 is 2.33 bits per heavy atom. The first-order valence-corrected chi connectivity index (χ1v) is 1.68. The molecule has 0 atom stereocenters. The van der Waals surface area contributed by atoms with Crippen molar-refractivity contribution in [3.05, 3.63) is 10.1 Å². The first-order valence-electron chi connectivity index (χ1n) is 1.68. The Bertz CT molecular complexity index is 183. The summed E-state index contributed by atoms with van der Waals surface area (Å²) in [6.45, 7) is 0. The average molecular weight is 223 g/mol. The maximum absolute atomic E-state index is 9.68. The topological polar surface area (TPSA) is 97.6 Å². The number of hydrogen-bond donors (Lipinski definition) is 1. The molecule has 1 rings (SSSR count). The molecule has 1 N–H and O–H groups in total. The molecule has 0 aromatic carbocycles. The minimum Gasteiger partial charge on any atom is -0.390 e. The average Bonchev–Trinajstić information content (AvgIpc) is 2.12. The Morgan fingerprint density at radius 3 is 2.56 bits per heavy atom. The molecule has 0 aliphatic rings. The van der Waals surface area contributed by atoms with Crippen molar-refractivity contribution in [3.8, 4) is 0 Å². The minimum absolute atomic E-state index is 0. The summed E-state index contributed by atoms with van der Waals surface area (Å²) >= 11 is 0. The van der Waals surface area contributed by atoms with Crippen molar-refractivity contribution in [1.82, 2.24) is 20.6 Å². The first kappa shape index (κ1) is 8.21. The van der Waals surface area contributed by atoms with E-state index >= 15 is 0 Å². The van der Waals surface area contributed by atoms with Crippen molar-refractivity contribution in [2.45, 2.75) is 0 Å². The molecule has 0 unspecified atom stereocenters. The number of nitro groups is 1. The van der Waals surface area contributed by atoms with Crippen LogP contribution in [0.25, 0.3) is 0 Å². The summed E-state index contributed by atoms with van der Waals surface area (Å²) in [5.74, 6) is -0.509. The molecule has 53 valence electrons. The summed E-state index contributed by atoms with van der Waals surface area (Å²) in [6, 6.07) is 0. The van der Waals surface area contributed by atoms with E-state index < -0.39 is 10.9 Å². The molecular formula is CHAgN5O2. The van der Waals surface area contributed by atoms with Gasteiger partial charge in [-0.15, -0.1) is 0 Å². The van der Waals surface area contributed by atoms with Gasteiger partial charge in [0.1, 0.15) is 0 Å². The van der Waals surface area contributed by atoms with Crippen molar-refractivity contribution in [2.24, 2.45) is 0 Å². The quantitative estimate of drug-likeness (QED) is 0.378. The number of nitrogens with zero attached hydrogens (tertiary/aromatic N) is 4. The van der Waals surface area contributed by atoms with E-state index in [2.05, 4.69) is 15.4 Å². The van der Waals surface area contributed by atoms with E-state index in [9.17, 15) is 10.1 Å². The molecule has 1 radical (unpaired) electrons. The number of aromatic nitrogens is 4. The molecule has 0 saturated heterocycles. The Hall–Kier alpha value is -0.790. The molecule has 0 aliphatic heterocycles. The third-order valence-corrected chi connectivity index (χ3v) is 0.497. The van der Waals surface area contributed by atoms with Gasteiger partial charge >= 0.3 is 5.95 Å². The van der Waals surface area contributed by atoms with Gasteiger partial charge in [0.15, 0.2) is 0 Å². The van der Waals surface area contributed by atoms with E-state index in [-0.39, 0.29) is 22.4 Å². The number of aromatic amines is 1. The maximum Gasteiger partial charge on any atom is 0.514 e. The Morgan fingerprint density at radius 1 is 1.67 bits per heavy atom. The third-order valence-electron chi connectivity index (χ3n) is 0.497. The van der Waals surface area contributed by atoms with Gasteiger partial charge in [-0.1, -0.05) is 5.21 Å². The zero-order valence-corrected chi connectivity index (χ0v) is 5.39. The molecule has 0 bridgehead atoms. The smallest absolute Gasteiger partial charge is 0.390 e. The van der Waals surface area contributed by atoms with E-state index in [1.807, 2.05) is 5.21 Å². The summed E-state index contributed by atoms with van der Waals surface area (Å²) in [7, 11) is 0. The summed E-state index contributed by atoms with van der Waals surface area (Å²) < 4.78 is 0. The van der Waals surface area contributed by atoms with Crippen molar-refractivity contribution in [1.29, 1.82) is 0 Å². The summed E-state index contributed by atoms with van der Waals surface area (Å²) in [5, 5.41) is 20.7. The zero-order chi connectivity index (χ0) is 5.98. The van der Waals surface area contributed by atoms with Crippen LogP contribution in [0.3, 0.4) is 0 Å². The molecule has 8 heteroatoms. The van der Waals surface area contributed by atoms with Crippen LogP contribution >= 0.6 is 0 Å². The molecule has 1 heterocycles. The van der Waals surface area contributed by atoms with E-state index in [1.54, 1.807) is 0 Å². The second-order valence-corrected chi connectivity index (χ2v) is 0.969. The van der Waals surface area contributed by atoms with Gasteiger partial charge in [0, 0.05) is 32.7 Å². The van der Waals surface area contributed by atoms with Crippen LogP contribution in [0, 0.1) is 10.1 Å². The number of rotatable bonds is 1.